The van der Waals surface area contributed by atoms with Crippen molar-refractivity contribution in [3.8, 4) is 0 Å². The summed E-state index contributed by atoms with van der Waals surface area (Å²) in [5.41, 5.74) is 5.12. The fraction of sp³-hybridized carbons (Fsp3) is 0.567. The van der Waals surface area contributed by atoms with E-state index in [4.69, 9.17) is 10.2 Å². The van der Waals surface area contributed by atoms with Crippen LogP contribution in [0.5, 0.6) is 0 Å². The Morgan fingerprint density at radius 1 is 0.769 bits per heavy atom. The van der Waals surface area contributed by atoms with Gasteiger partial charge in [0.05, 0.1) is 12.2 Å². The van der Waals surface area contributed by atoms with Crippen molar-refractivity contribution in [1.82, 2.24) is 9.62 Å². The van der Waals surface area contributed by atoms with Gasteiger partial charge in [-0.05, 0) is 20.3 Å². The maximum atomic E-state index is 8.56. The molecule has 39 heavy (non-hydrogen) atoms. The van der Waals surface area contributed by atoms with Crippen molar-refractivity contribution in [2.24, 2.45) is 0 Å². The van der Waals surface area contributed by atoms with Crippen LogP contribution in [0, 0.1) is 6.07 Å². The summed E-state index contributed by atoms with van der Waals surface area (Å²) in [6, 6.07) is 19.1. The molecule has 0 aromatic heterocycles. The van der Waals surface area contributed by atoms with Crippen LogP contribution in [0.3, 0.4) is 0 Å². The molecule has 9 heteroatoms. The zero-order valence-electron chi connectivity index (χ0n) is 26.1. The molecule has 3 rings (SSSR count). The molecule has 0 radical (unpaired) electrons. The summed E-state index contributed by atoms with van der Waals surface area (Å²) in [7, 11) is 8.60. The van der Waals surface area contributed by atoms with Gasteiger partial charge >= 0.3 is 208 Å². The molecule has 1 heterocycles. The summed E-state index contributed by atoms with van der Waals surface area (Å²) < 4.78 is 1.06. The van der Waals surface area contributed by atoms with Gasteiger partial charge in [-0.2, -0.15) is 0 Å². The van der Waals surface area contributed by atoms with Crippen LogP contribution in [0.2, 0.25) is 0 Å². The zero-order chi connectivity index (χ0) is 29.9. The summed E-state index contributed by atoms with van der Waals surface area (Å²) >= 11 is 3.62. The van der Waals surface area contributed by atoms with Crippen molar-refractivity contribution < 1.29 is 29.0 Å². The first-order chi connectivity index (χ1) is 17.9. The summed E-state index contributed by atoms with van der Waals surface area (Å²) in [6.45, 7) is 17.1. The summed E-state index contributed by atoms with van der Waals surface area (Å²) in [6.07, 6.45) is -0.278. The molecule has 0 bridgehead atoms. The van der Waals surface area contributed by atoms with E-state index in [2.05, 4.69) is 156 Å². The van der Waals surface area contributed by atoms with E-state index < -0.39 is 0 Å². The van der Waals surface area contributed by atoms with Crippen LogP contribution in [0.25, 0.3) is 0 Å². The average molecular weight is 626 g/mol. The first-order valence-electron chi connectivity index (χ1n) is 13.8. The summed E-state index contributed by atoms with van der Waals surface area (Å²) in [5.74, 6) is 0. The number of hydrogen-bond acceptors (Lipinski definition) is 6. The van der Waals surface area contributed by atoms with E-state index in [-0.39, 0.29) is 36.8 Å². The minimum absolute atomic E-state index is 0.108. The molecule has 0 amide bonds. The Morgan fingerprint density at radius 3 is 1.54 bits per heavy atom. The minimum atomic E-state index is -0.375. The molecule has 2 aromatic carbocycles. The van der Waals surface area contributed by atoms with Gasteiger partial charge in [-0.3, -0.25) is 0 Å². The van der Waals surface area contributed by atoms with E-state index in [9.17, 15) is 0 Å². The number of anilines is 2. The molecule has 1 aliphatic rings. The van der Waals surface area contributed by atoms with Crippen molar-refractivity contribution in [2.45, 2.75) is 84.8 Å². The first kappa shape index (κ1) is 33.7. The Bertz CT molecular complexity index is 979. The van der Waals surface area contributed by atoms with Gasteiger partial charge in [-0.1, -0.05) is 0 Å². The van der Waals surface area contributed by atoms with Gasteiger partial charge in [0.25, 0.3) is 0 Å². The second kappa shape index (κ2) is 13.5. The molecule has 2 atom stereocenters. The zero-order valence-corrected chi connectivity index (χ0v) is 27.6. The van der Waals surface area contributed by atoms with Gasteiger partial charge in [-0.25, -0.2) is 0 Å². The van der Waals surface area contributed by atoms with E-state index in [0.29, 0.717) is 6.42 Å². The van der Waals surface area contributed by atoms with Crippen LogP contribution in [0.4, 0.5) is 11.4 Å². The number of hydrogen-bond donors (Lipinski definition) is 2. The third kappa shape index (κ3) is 8.76. The van der Waals surface area contributed by atoms with Crippen molar-refractivity contribution >= 4 is 29.4 Å². The number of aliphatic hydroxyl groups excluding tert-OH is 2. The normalized spacial score (nSPS) is 16.2. The van der Waals surface area contributed by atoms with E-state index in [1.165, 1.54) is 16.8 Å². The molecular formula is C30H49B2N4O2Pd-. The molecule has 0 spiro atoms. The van der Waals surface area contributed by atoms with Crippen molar-refractivity contribution in [3.63, 3.8) is 0 Å². The Morgan fingerprint density at radius 2 is 1.21 bits per heavy atom. The predicted molar refractivity (Wildman–Crippen MR) is 166 cm³/mol. The Labute approximate surface area is 249 Å². The van der Waals surface area contributed by atoms with Crippen LogP contribution in [-0.2, 0) is 29.6 Å². The third-order valence-corrected chi connectivity index (χ3v) is 7.59. The van der Waals surface area contributed by atoms with Crippen molar-refractivity contribution in [2.75, 3.05) is 37.8 Å². The molecule has 0 aliphatic carbocycles. The van der Waals surface area contributed by atoms with Gasteiger partial charge in [0.2, 0.25) is 0 Å². The van der Waals surface area contributed by atoms with Crippen LogP contribution >= 0.6 is 0 Å². The van der Waals surface area contributed by atoms with Gasteiger partial charge < -0.3 is 10.2 Å². The molecule has 6 nitrogen and oxygen atoms in total. The summed E-state index contributed by atoms with van der Waals surface area (Å²) in [4.78, 5) is 9.33. The molecule has 2 N–H and O–H groups in total. The molecule has 2 aromatic rings. The molecule has 1 saturated heterocycles. The second-order valence-electron chi connectivity index (χ2n) is 13.2. The predicted octanol–water partition coefficient (Wildman–Crippen LogP) is 4.36. The van der Waals surface area contributed by atoms with Crippen molar-refractivity contribution in [3.05, 3.63) is 59.7 Å². The van der Waals surface area contributed by atoms with Gasteiger partial charge in [0, 0.05) is 0 Å². The van der Waals surface area contributed by atoms with Gasteiger partial charge in [0.15, 0.2) is 0 Å². The molecule has 0 saturated carbocycles. The molecule has 218 valence electrons. The molecule has 1 fully saturated rings. The number of nitrogens with zero attached hydrogens (tertiary/aromatic N) is 4. The average Bonchev–Trinajstić information content (AvgIpc) is 3.11. The van der Waals surface area contributed by atoms with E-state index >= 15 is 0 Å². The fourth-order valence-electron chi connectivity index (χ4n) is 4.71. The summed E-state index contributed by atoms with van der Waals surface area (Å²) in [5, 5.41) is 17.1. The van der Waals surface area contributed by atoms with Crippen LogP contribution < -0.4 is 9.62 Å². The monoisotopic (exact) mass is 625 g/mol. The topological polar surface area (TPSA) is 53.4 Å². The standard InChI is InChI=1S/C25H37B2N4.C5H12O2.Pd/c1-24(2,3)20-11-15-22(16-12-20)30-19-31(27(29(9)10)26(30)28(7)8)23-17-13-21(14-18-23)25(4,5)6;1-4(6)3-5(2)7;/h11-17H,1-10H3;4-7H,3H2,1-2H3;/q-1;;. The van der Waals surface area contributed by atoms with Crippen LogP contribution in [0.15, 0.2) is 42.5 Å². The Kier molecular flexibility index (Phi) is 11.7. The number of rotatable bonds is 6. The van der Waals surface area contributed by atoms with E-state index in [0.717, 1.165) is 9.92 Å². The van der Waals surface area contributed by atoms with Crippen LogP contribution in [-0.4, -0.2) is 78.2 Å². The first-order valence-corrected chi connectivity index (χ1v) is 14.5. The second-order valence-corrected chi connectivity index (χ2v) is 13.9. The molecule has 1 aliphatic heterocycles. The Balaban J connectivity index is 0.000000673. The Hall–Kier alpha value is -1.46. The van der Waals surface area contributed by atoms with Crippen molar-refractivity contribution in [1.29, 1.82) is 0 Å². The van der Waals surface area contributed by atoms with Gasteiger partial charge in [0.1, 0.15) is 0 Å². The fourth-order valence-corrected chi connectivity index (χ4v) is 5.51. The third-order valence-electron chi connectivity index (χ3n) is 6.84. The SMILES string of the molecule is CC(O)CC(C)O.CN(C)B1B(N(C)C)N(c2ccc(C(C)(C)C)cc2)[C](=[Pd])N1c1[c-]cc(C(C)(C)C)cc1. The number of benzene rings is 2. The molecular weight excluding hydrogens is 576 g/mol. The van der Waals surface area contributed by atoms with E-state index in [1.807, 2.05) is 0 Å². The van der Waals surface area contributed by atoms with Crippen LogP contribution in [0.1, 0.15) is 72.9 Å². The molecule has 2 unspecified atom stereocenters. The van der Waals surface area contributed by atoms with E-state index in [1.54, 1.807) is 13.8 Å². The quantitative estimate of drug-likeness (QED) is 0.368. The van der Waals surface area contributed by atoms with Gasteiger partial charge in [-0.15, -0.1) is 0 Å². The number of aliphatic hydroxyl groups is 2. The maximum absolute atomic E-state index is 8.56.